The van der Waals surface area contributed by atoms with Crippen LogP contribution in [0.2, 0.25) is 0 Å². The monoisotopic (exact) mass is 199 g/mol. The third-order valence-electron chi connectivity index (χ3n) is 1.71. The minimum absolute atomic E-state index is 0.136. The van der Waals surface area contributed by atoms with Crippen LogP contribution in [0.4, 0.5) is 0 Å². The average Bonchev–Trinajstić information content (AvgIpc) is 2.52. The quantitative estimate of drug-likeness (QED) is 0.713. The van der Waals surface area contributed by atoms with E-state index in [9.17, 15) is 4.79 Å². The van der Waals surface area contributed by atoms with Gasteiger partial charge >= 0.3 is 5.97 Å². The third kappa shape index (κ3) is 3.14. The number of carboxylic acid groups (broad SMARTS) is 1. The van der Waals surface area contributed by atoms with E-state index in [-0.39, 0.29) is 11.9 Å². The van der Waals surface area contributed by atoms with Gasteiger partial charge in [-0.15, -0.1) is 0 Å². The number of hydrogen-bond donors (Lipinski definition) is 2. The molecule has 3 N–H and O–H groups in total. The van der Waals surface area contributed by atoms with E-state index in [1.54, 1.807) is 0 Å². The molecule has 0 fully saturated rings. The first-order valence-electron chi connectivity index (χ1n) is 4.41. The highest BCUT2D eigenvalue weighted by Gasteiger charge is 2.12. The maximum Gasteiger partial charge on any atom is 0.377 e. The zero-order valence-electron chi connectivity index (χ0n) is 7.93. The number of hydrogen-bond acceptors (Lipinski definition) is 5. The number of nitrogens with zero attached hydrogens (tertiary/aromatic N) is 2. The van der Waals surface area contributed by atoms with Gasteiger partial charge in [-0.1, -0.05) is 0 Å². The molecule has 0 aliphatic rings. The number of aromatic nitrogens is 2. The Labute approximate surface area is 81.1 Å². The normalized spacial score (nSPS) is 12.7. The van der Waals surface area contributed by atoms with Crippen molar-refractivity contribution in [3.63, 3.8) is 0 Å². The van der Waals surface area contributed by atoms with Crippen molar-refractivity contribution in [3.05, 3.63) is 11.7 Å². The molecule has 0 saturated heterocycles. The molecule has 6 heteroatoms. The van der Waals surface area contributed by atoms with Crippen LogP contribution >= 0.6 is 0 Å². The second-order valence-corrected chi connectivity index (χ2v) is 3.19. The van der Waals surface area contributed by atoms with Gasteiger partial charge in [-0.3, -0.25) is 0 Å². The van der Waals surface area contributed by atoms with Crippen LogP contribution in [-0.4, -0.2) is 27.3 Å². The summed E-state index contributed by atoms with van der Waals surface area (Å²) in [6.45, 7) is 1.91. The van der Waals surface area contributed by atoms with Crippen molar-refractivity contribution in [2.75, 3.05) is 0 Å². The van der Waals surface area contributed by atoms with Gasteiger partial charge in [0.25, 0.3) is 5.82 Å². The molecular weight excluding hydrogens is 186 g/mol. The molecule has 1 atom stereocenters. The van der Waals surface area contributed by atoms with Gasteiger partial charge < -0.3 is 15.4 Å². The second kappa shape index (κ2) is 4.71. The third-order valence-corrected chi connectivity index (χ3v) is 1.71. The first-order chi connectivity index (χ1) is 6.59. The Balaban J connectivity index is 2.40. The fourth-order valence-corrected chi connectivity index (χ4v) is 1.02. The second-order valence-electron chi connectivity index (χ2n) is 3.19. The lowest BCUT2D eigenvalue weighted by Gasteiger charge is -2.00. The summed E-state index contributed by atoms with van der Waals surface area (Å²) in [4.78, 5) is 14.1. The van der Waals surface area contributed by atoms with Crippen LogP contribution in [-0.2, 0) is 6.42 Å². The fourth-order valence-electron chi connectivity index (χ4n) is 1.02. The van der Waals surface area contributed by atoms with Crippen LogP contribution in [0.15, 0.2) is 4.52 Å². The van der Waals surface area contributed by atoms with E-state index in [0.29, 0.717) is 12.3 Å². The summed E-state index contributed by atoms with van der Waals surface area (Å²) in [5, 5.41) is 11.8. The molecule has 14 heavy (non-hydrogen) atoms. The van der Waals surface area contributed by atoms with Gasteiger partial charge in [0.05, 0.1) is 0 Å². The molecule has 1 unspecified atom stereocenters. The van der Waals surface area contributed by atoms with E-state index in [2.05, 4.69) is 10.1 Å². The largest absolute Gasteiger partial charge is 0.475 e. The Bertz CT molecular complexity index is 309. The van der Waals surface area contributed by atoms with Crippen molar-refractivity contribution >= 4 is 5.97 Å². The van der Waals surface area contributed by atoms with Crippen molar-refractivity contribution in [3.8, 4) is 0 Å². The Kier molecular flexibility index (Phi) is 3.58. The Morgan fingerprint density at radius 1 is 1.71 bits per heavy atom. The summed E-state index contributed by atoms with van der Waals surface area (Å²) in [6, 6.07) is 0.136. The lowest BCUT2D eigenvalue weighted by molar-refractivity contribution is 0.0680. The highest BCUT2D eigenvalue weighted by atomic mass is 16.5. The topological polar surface area (TPSA) is 102 Å². The van der Waals surface area contributed by atoms with Gasteiger partial charge in [0, 0.05) is 12.5 Å². The fraction of sp³-hybridized carbons (Fsp3) is 0.625. The van der Waals surface area contributed by atoms with Crippen LogP contribution in [0.5, 0.6) is 0 Å². The molecule has 1 rings (SSSR count). The summed E-state index contributed by atoms with van der Waals surface area (Å²) < 4.78 is 4.72. The van der Waals surface area contributed by atoms with Crippen LogP contribution in [0, 0.1) is 0 Å². The van der Waals surface area contributed by atoms with Gasteiger partial charge in [-0.2, -0.15) is 4.98 Å². The van der Waals surface area contributed by atoms with Gasteiger partial charge in [-0.05, 0) is 24.9 Å². The van der Waals surface area contributed by atoms with Gasteiger partial charge in [0.2, 0.25) is 5.89 Å². The molecule has 0 spiro atoms. The first kappa shape index (κ1) is 10.6. The van der Waals surface area contributed by atoms with E-state index in [1.807, 2.05) is 6.92 Å². The maximum absolute atomic E-state index is 10.4. The molecule has 0 aliphatic carbocycles. The lowest BCUT2D eigenvalue weighted by atomic mass is 10.1. The van der Waals surface area contributed by atoms with Crippen molar-refractivity contribution in [2.24, 2.45) is 5.73 Å². The van der Waals surface area contributed by atoms with E-state index in [0.717, 1.165) is 12.8 Å². The Hall–Kier alpha value is -1.43. The molecule has 1 heterocycles. The first-order valence-corrected chi connectivity index (χ1v) is 4.41. The molecular formula is C8H13N3O3. The molecule has 0 saturated carbocycles. The van der Waals surface area contributed by atoms with E-state index in [1.165, 1.54) is 0 Å². The number of carbonyl (C=O) groups is 1. The predicted molar refractivity (Wildman–Crippen MR) is 47.8 cm³/mol. The molecule has 78 valence electrons. The summed E-state index contributed by atoms with van der Waals surface area (Å²) in [5.41, 5.74) is 5.55. The van der Waals surface area contributed by atoms with Crippen LogP contribution in [0.3, 0.4) is 0 Å². The van der Waals surface area contributed by atoms with E-state index in [4.69, 9.17) is 15.4 Å². The highest BCUT2D eigenvalue weighted by Crippen LogP contribution is 2.04. The summed E-state index contributed by atoms with van der Waals surface area (Å²) in [7, 11) is 0. The summed E-state index contributed by atoms with van der Waals surface area (Å²) in [5.74, 6) is -1.11. The molecule has 0 aliphatic heterocycles. The molecule has 0 radical (unpaired) electrons. The smallest absolute Gasteiger partial charge is 0.377 e. The number of aromatic carboxylic acids is 1. The van der Waals surface area contributed by atoms with E-state index < -0.39 is 5.97 Å². The van der Waals surface area contributed by atoms with Gasteiger partial charge in [0.15, 0.2) is 0 Å². The number of rotatable bonds is 5. The van der Waals surface area contributed by atoms with E-state index >= 15 is 0 Å². The minimum atomic E-state index is -1.17. The number of nitrogens with two attached hydrogens (primary N) is 1. The van der Waals surface area contributed by atoms with Crippen molar-refractivity contribution in [1.29, 1.82) is 0 Å². The lowest BCUT2D eigenvalue weighted by Crippen LogP contribution is -2.14. The van der Waals surface area contributed by atoms with Gasteiger partial charge in [-0.25, -0.2) is 4.79 Å². The molecule has 0 amide bonds. The van der Waals surface area contributed by atoms with Crippen molar-refractivity contribution < 1.29 is 14.4 Å². The molecule has 0 bridgehead atoms. The predicted octanol–water partition coefficient (Wildman–Crippen LogP) is 0.438. The molecule has 6 nitrogen and oxygen atoms in total. The van der Waals surface area contributed by atoms with Crippen molar-refractivity contribution in [1.82, 2.24) is 10.1 Å². The summed E-state index contributed by atoms with van der Waals surface area (Å²) in [6.07, 6.45) is 2.24. The van der Waals surface area contributed by atoms with Gasteiger partial charge in [0.1, 0.15) is 0 Å². The van der Waals surface area contributed by atoms with Crippen molar-refractivity contribution in [2.45, 2.75) is 32.2 Å². The maximum atomic E-state index is 10.4. The zero-order chi connectivity index (χ0) is 10.6. The SMILES string of the molecule is CC(N)CCCc1nc(C(=O)O)no1. The number of aryl methyl sites for hydroxylation is 1. The zero-order valence-corrected chi connectivity index (χ0v) is 7.93. The standard InChI is InChI=1S/C8H13N3O3/c1-5(9)3-2-4-6-10-7(8(12)13)11-14-6/h5H,2-4,9H2,1H3,(H,12,13). The molecule has 1 aromatic heterocycles. The van der Waals surface area contributed by atoms with Crippen LogP contribution in [0.1, 0.15) is 36.3 Å². The van der Waals surface area contributed by atoms with Crippen LogP contribution in [0.25, 0.3) is 0 Å². The highest BCUT2D eigenvalue weighted by molar-refractivity contribution is 5.82. The molecule has 1 aromatic rings. The number of carboxylic acids is 1. The summed E-state index contributed by atoms with van der Waals surface area (Å²) >= 11 is 0. The van der Waals surface area contributed by atoms with Crippen LogP contribution < -0.4 is 5.73 Å². The average molecular weight is 199 g/mol. The Morgan fingerprint density at radius 2 is 2.43 bits per heavy atom. The minimum Gasteiger partial charge on any atom is -0.475 e. The molecule has 0 aromatic carbocycles. The Morgan fingerprint density at radius 3 is 2.93 bits per heavy atom.